The first-order chi connectivity index (χ1) is 14.2. The Labute approximate surface area is 171 Å². The van der Waals surface area contributed by atoms with E-state index in [1.54, 1.807) is 6.20 Å². The van der Waals surface area contributed by atoms with E-state index in [0.29, 0.717) is 5.69 Å². The lowest BCUT2D eigenvalue weighted by molar-refractivity contribution is -0.116. The highest BCUT2D eigenvalue weighted by Crippen LogP contribution is 2.44. The number of carbonyl (C=O) groups excluding carboxylic acids is 1. The van der Waals surface area contributed by atoms with Crippen molar-refractivity contribution in [3.8, 4) is 11.5 Å². The van der Waals surface area contributed by atoms with Crippen LogP contribution in [-0.2, 0) is 11.3 Å². The highest BCUT2D eigenvalue weighted by molar-refractivity contribution is 5.99. The molecule has 0 atom stereocenters. The van der Waals surface area contributed by atoms with Gasteiger partial charge in [-0.1, -0.05) is 50.2 Å². The monoisotopic (exact) mass is 390 g/mol. The molecule has 0 spiro atoms. The first kappa shape index (κ1) is 19.2. The number of carbonyl (C=O) groups is 1. The SMILES string of the molecule is CCN(CC)CCn1cc(NC(=O)C2c3ccccc3Oc3ccccc32)cn1. The highest BCUT2D eigenvalue weighted by Gasteiger charge is 2.32. The molecule has 3 aromatic rings. The molecule has 29 heavy (non-hydrogen) atoms. The minimum Gasteiger partial charge on any atom is -0.457 e. The van der Waals surface area contributed by atoms with Gasteiger partial charge in [0.05, 0.1) is 24.3 Å². The van der Waals surface area contributed by atoms with E-state index in [1.165, 1.54) is 0 Å². The third kappa shape index (κ3) is 4.03. The summed E-state index contributed by atoms with van der Waals surface area (Å²) in [6, 6.07) is 15.4. The zero-order chi connectivity index (χ0) is 20.2. The fraction of sp³-hybridized carbons (Fsp3) is 0.304. The normalized spacial score (nSPS) is 12.9. The molecule has 1 aliphatic rings. The van der Waals surface area contributed by atoms with E-state index in [0.717, 1.165) is 48.8 Å². The standard InChI is InChI=1S/C23H26N4O2/c1-3-26(4-2)13-14-27-16-17(15-24-27)25-23(28)22-18-9-5-7-11-20(18)29-21-12-8-6-10-19(21)22/h5-12,15-16,22H,3-4,13-14H2,1-2H3,(H,25,28). The lowest BCUT2D eigenvalue weighted by Gasteiger charge is -2.27. The Morgan fingerprint density at radius 1 is 1.07 bits per heavy atom. The van der Waals surface area contributed by atoms with E-state index < -0.39 is 5.92 Å². The van der Waals surface area contributed by atoms with Crippen LogP contribution < -0.4 is 10.1 Å². The minimum atomic E-state index is -0.421. The first-order valence-electron chi connectivity index (χ1n) is 10.1. The van der Waals surface area contributed by atoms with Crippen LogP contribution in [0.5, 0.6) is 11.5 Å². The van der Waals surface area contributed by atoms with E-state index in [4.69, 9.17) is 4.74 Å². The van der Waals surface area contributed by atoms with E-state index in [9.17, 15) is 4.79 Å². The molecule has 1 N–H and O–H groups in total. The van der Waals surface area contributed by atoms with Crippen LogP contribution in [-0.4, -0.2) is 40.2 Å². The van der Waals surface area contributed by atoms with Crippen LogP contribution >= 0.6 is 0 Å². The Hall–Kier alpha value is -3.12. The number of anilines is 1. The number of ether oxygens (including phenoxy) is 1. The molecular formula is C23H26N4O2. The van der Waals surface area contributed by atoms with E-state index in [1.807, 2.05) is 59.4 Å². The van der Waals surface area contributed by atoms with Crippen molar-refractivity contribution in [1.29, 1.82) is 0 Å². The van der Waals surface area contributed by atoms with Crippen molar-refractivity contribution in [2.45, 2.75) is 26.3 Å². The van der Waals surface area contributed by atoms with Gasteiger partial charge in [0.2, 0.25) is 5.91 Å². The number of hydrogen-bond donors (Lipinski definition) is 1. The predicted octanol–water partition coefficient (Wildman–Crippen LogP) is 4.10. The Morgan fingerprint density at radius 3 is 2.31 bits per heavy atom. The number of fused-ring (bicyclic) bond motifs is 2. The Kier molecular flexibility index (Phi) is 5.62. The fourth-order valence-corrected chi connectivity index (χ4v) is 3.74. The third-order valence-electron chi connectivity index (χ3n) is 5.38. The molecule has 2 aromatic carbocycles. The quantitative estimate of drug-likeness (QED) is 0.660. The summed E-state index contributed by atoms with van der Waals surface area (Å²) in [5.41, 5.74) is 2.45. The third-order valence-corrected chi connectivity index (χ3v) is 5.38. The molecule has 1 aromatic heterocycles. The molecule has 1 amide bonds. The number of benzene rings is 2. The van der Waals surface area contributed by atoms with Gasteiger partial charge in [0.1, 0.15) is 11.5 Å². The van der Waals surface area contributed by atoms with Gasteiger partial charge in [0.15, 0.2) is 0 Å². The predicted molar refractivity (Wildman–Crippen MR) is 113 cm³/mol. The van der Waals surface area contributed by atoms with Crippen LogP contribution in [0.4, 0.5) is 5.69 Å². The Morgan fingerprint density at radius 2 is 1.69 bits per heavy atom. The molecule has 6 heteroatoms. The van der Waals surface area contributed by atoms with Crippen LogP contribution in [0.1, 0.15) is 30.9 Å². The molecule has 2 heterocycles. The average molecular weight is 390 g/mol. The maximum absolute atomic E-state index is 13.2. The van der Waals surface area contributed by atoms with E-state index in [-0.39, 0.29) is 5.91 Å². The number of rotatable bonds is 7. The summed E-state index contributed by atoms with van der Waals surface area (Å²) in [6.45, 7) is 8.07. The molecule has 4 rings (SSSR count). The lowest BCUT2D eigenvalue weighted by atomic mass is 9.87. The molecule has 0 fully saturated rings. The maximum Gasteiger partial charge on any atom is 0.236 e. The second-order valence-corrected chi connectivity index (χ2v) is 7.12. The van der Waals surface area contributed by atoms with Gasteiger partial charge in [-0.05, 0) is 25.2 Å². The van der Waals surface area contributed by atoms with Crippen LogP contribution in [0, 0.1) is 0 Å². The lowest BCUT2D eigenvalue weighted by Crippen LogP contribution is -2.27. The van der Waals surface area contributed by atoms with Crippen molar-refractivity contribution in [1.82, 2.24) is 14.7 Å². The Bertz CT molecular complexity index is 948. The molecule has 6 nitrogen and oxygen atoms in total. The van der Waals surface area contributed by atoms with Crippen LogP contribution in [0.25, 0.3) is 0 Å². The van der Waals surface area contributed by atoms with Crippen molar-refractivity contribution >= 4 is 11.6 Å². The van der Waals surface area contributed by atoms with Crippen molar-refractivity contribution in [2.75, 3.05) is 25.0 Å². The van der Waals surface area contributed by atoms with Gasteiger partial charge in [-0.15, -0.1) is 0 Å². The molecule has 0 unspecified atom stereocenters. The maximum atomic E-state index is 13.2. The second kappa shape index (κ2) is 8.49. The smallest absolute Gasteiger partial charge is 0.236 e. The summed E-state index contributed by atoms with van der Waals surface area (Å²) >= 11 is 0. The van der Waals surface area contributed by atoms with E-state index in [2.05, 4.69) is 29.2 Å². The number of aromatic nitrogens is 2. The molecule has 0 bridgehead atoms. The van der Waals surface area contributed by atoms with Crippen LogP contribution in [0.2, 0.25) is 0 Å². The number of nitrogens with one attached hydrogen (secondary N) is 1. The molecule has 0 radical (unpaired) electrons. The second-order valence-electron chi connectivity index (χ2n) is 7.12. The minimum absolute atomic E-state index is 0.0866. The number of hydrogen-bond acceptors (Lipinski definition) is 4. The average Bonchev–Trinajstić information content (AvgIpc) is 3.19. The van der Waals surface area contributed by atoms with Gasteiger partial charge in [0, 0.05) is 23.9 Å². The van der Waals surface area contributed by atoms with Gasteiger partial charge >= 0.3 is 0 Å². The number of likely N-dealkylation sites (N-methyl/N-ethyl adjacent to an activating group) is 1. The summed E-state index contributed by atoms with van der Waals surface area (Å²) in [4.78, 5) is 15.6. The van der Waals surface area contributed by atoms with Gasteiger partial charge in [0.25, 0.3) is 0 Å². The van der Waals surface area contributed by atoms with Crippen molar-refractivity contribution < 1.29 is 9.53 Å². The number of nitrogens with zero attached hydrogens (tertiary/aromatic N) is 3. The van der Waals surface area contributed by atoms with Gasteiger partial charge in [-0.3, -0.25) is 9.48 Å². The topological polar surface area (TPSA) is 59.4 Å². The molecule has 1 aliphatic heterocycles. The summed E-state index contributed by atoms with van der Waals surface area (Å²) in [6.07, 6.45) is 3.59. The van der Waals surface area contributed by atoms with Gasteiger partial charge in [-0.25, -0.2) is 0 Å². The summed E-state index contributed by atoms with van der Waals surface area (Å²) in [5, 5.41) is 7.43. The van der Waals surface area contributed by atoms with Crippen molar-refractivity contribution in [2.24, 2.45) is 0 Å². The summed E-state index contributed by atoms with van der Waals surface area (Å²) in [7, 11) is 0. The van der Waals surface area contributed by atoms with E-state index >= 15 is 0 Å². The molecular weight excluding hydrogens is 364 g/mol. The summed E-state index contributed by atoms with van der Waals surface area (Å²) < 4.78 is 7.86. The highest BCUT2D eigenvalue weighted by atomic mass is 16.5. The van der Waals surface area contributed by atoms with Crippen LogP contribution in [0.3, 0.4) is 0 Å². The first-order valence-corrected chi connectivity index (χ1v) is 10.1. The molecule has 150 valence electrons. The molecule has 0 saturated heterocycles. The number of para-hydroxylation sites is 2. The Balaban J connectivity index is 1.52. The zero-order valence-corrected chi connectivity index (χ0v) is 16.8. The van der Waals surface area contributed by atoms with Crippen molar-refractivity contribution in [3.05, 3.63) is 72.1 Å². The van der Waals surface area contributed by atoms with Gasteiger partial charge < -0.3 is 15.0 Å². The summed E-state index contributed by atoms with van der Waals surface area (Å²) in [5.74, 6) is 0.939. The number of amides is 1. The van der Waals surface area contributed by atoms with Gasteiger partial charge in [-0.2, -0.15) is 5.10 Å². The zero-order valence-electron chi connectivity index (χ0n) is 16.8. The molecule has 0 saturated carbocycles. The molecule has 0 aliphatic carbocycles. The fourth-order valence-electron chi connectivity index (χ4n) is 3.74. The van der Waals surface area contributed by atoms with Crippen LogP contribution in [0.15, 0.2) is 60.9 Å². The largest absolute Gasteiger partial charge is 0.457 e. The van der Waals surface area contributed by atoms with Crippen molar-refractivity contribution in [3.63, 3.8) is 0 Å².